The summed E-state index contributed by atoms with van der Waals surface area (Å²) in [6.45, 7) is 4.79. The lowest BCUT2D eigenvalue weighted by atomic mass is 10.2. The van der Waals surface area contributed by atoms with Crippen LogP contribution in [0.25, 0.3) is 0 Å². The van der Waals surface area contributed by atoms with Crippen molar-refractivity contribution in [3.05, 3.63) is 24.3 Å². The van der Waals surface area contributed by atoms with E-state index in [9.17, 15) is 9.59 Å². The maximum absolute atomic E-state index is 12.5. The number of amides is 3. The average Bonchev–Trinajstić information content (AvgIpc) is 3.02. The molecule has 0 saturated carbocycles. The fraction of sp³-hybridized carbons (Fsp3) is 0.579. The topological polar surface area (TPSA) is 80.3 Å². The Morgan fingerprint density at radius 1 is 1.19 bits per heavy atom. The smallest absolute Gasteiger partial charge is 0.317 e. The molecule has 1 aromatic rings. The van der Waals surface area contributed by atoms with Gasteiger partial charge in [-0.2, -0.15) is 0 Å². The van der Waals surface area contributed by atoms with E-state index in [1.807, 2.05) is 31.2 Å². The number of hydrogen-bond donors (Lipinski definition) is 1. The van der Waals surface area contributed by atoms with Crippen LogP contribution in [0.2, 0.25) is 0 Å². The number of carbonyl (C=O) groups is 2. The Morgan fingerprint density at radius 2 is 1.81 bits per heavy atom. The first-order chi connectivity index (χ1) is 13.1. The fourth-order valence-electron chi connectivity index (χ4n) is 2.93. The van der Waals surface area contributed by atoms with Gasteiger partial charge in [-0.3, -0.25) is 4.79 Å². The van der Waals surface area contributed by atoms with Crippen molar-refractivity contribution < 1.29 is 23.8 Å². The molecule has 150 valence electrons. The third-order valence-corrected chi connectivity index (χ3v) is 4.33. The Hall–Kier alpha value is -2.32. The van der Waals surface area contributed by atoms with Crippen LogP contribution in [0.15, 0.2) is 24.3 Å². The summed E-state index contributed by atoms with van der Waals surface area (Å²) < 4.78 is 15.5. The normalized spacial score (nSPS) is 16.5. The molecule has 1 fully saturated rings. The second-order valence-electron chi connectivity index (χ2n) is 6.25. The fourth-order valence-corrected chi connectivity index (χ4v) is 2.93. The maximum atomic E-state index is 12.5. The van der Waals surface area contributed by atoms with Crippen molar-refractivity contribution in [1.29, 1.82) is 0 Å². The number of anilines is 1. The van der Waals surface area contributed by atoms with Crippen LogP contribution in [0.5, 0.6) is 5.75 Å². The minimum Gasteiger partial charge on any atom is -0.494 e. The van der Waals surface area contributed by atoms with E-state index in [2.05, 4.69) is 5.32 Å². The first-order valence-electron chi connectivity index (χ1n) is 9.15. The molecule has 2 rings (SSSR count). The molecule has 1 N–H and O–H groups in total. The van der Waals surface area contributed by atoms with Crippen LogP contribution >= 0.6 is 0 Å². The van der Waals surface area contributed by atoms with Crippen molar-refractivity contribution in [2.45, 2.75) is 19.4 Å². The number of hydrogen-bond acceptors (Lipinski definition) is 5. The molecule has 1 aliphatic heterocycles. The predicted molar refractivity (Wildman–Crippen MR) is 102 cm³/mol. The number of ether oxygens (including phenoxy) is 3. The van der Waals surface area contributed by atoms with E-state index >= 15 is 0 Å². The summed E-state index contributed by atoms with van der Waals surface area (Å²) in [5.74, 6) is 0.759. The minimum atomic E-state index is -0.232. The van der Waals surface area contributed by atoms with Crippen LogP contribution in [-0.4, -0.2) is 76.6 Å². The van der Waals surface area contributed by atoms with Gasteiger partial charge < -0.3 is 29.3 Å². The summed E-state index contributed by atoms with van der Waals surface area (Å²) in [5, 5.41) is 2.95. The van der Waals surface area contributed by atoms with Crippen molar-refractivity contribution >= 4 is 17.6 Å². The van der Waals surface area contributed by atoms with Crippen molar-refractivity contribution in [2.75, 3.05) is 58.6 Å². The van der Waals surface area contributed by atoms with E-state index in [1.54, 1.807) is 24.0 Å². The minimum absolute atomic E-state index is 0.00945. The summed E-state index contributed by atoms with van der Waals surface area (Å²) in [4.78, 5) is 28.2. The third-order valence-electron chi connectivity index (χ3n) is 4.33. The lowest BCUT2D eigenvalue weighted by Crippen LogP contribution is -2.47. The summed E-state index contributed by atoms with van der Waals surface area (Å²) in [5.41, 5.74) is 0.802. The molecule has 1 atom stereocenters. The van der Waals surface area contributed by atoms with Crippen molar-refractivity contribution in [3.8, 4) is 5.75 Å². The average molecular weight is 379 g/mol. The summed E-state index contributed by atoms with van der Waals surface area (Å²) >= 11 is 0. The predicted octanol–water partition coefficient (Wildman–Crippen LogP) is 1.49. The maximum Gasteiger partial charge on any atom is 0.317 e. The lowest BCUT2D eigenvalue weighted by molar-refractivity contribution is -0.117. The standard InChI is InChI=1S/C19H29N3O5/c1-4-27-17-7-5-16(6-8-17)22-14-15(13-18(22)23)20-19(24)21(9-11-25-2)10-12-26-3/h5-8,15H,4,9-14H2,1-3H3,(H,20,24)/t15-/m1/s1. The van der Waals surface area contributed by atoms with Gasteiger partial charge in [-0.05, 0) is 31.2 Å². The second-order valence-corrected chi connectivity index (χ2v) is 6.25. The second kappa shape index (κ2) is 10.7. The van der Waals surface area contributed by atoms with Crippen LogP contribution in [-0.2, 0) is 14.3 Å². The Labute approximate surface area is 160 Å². The molecule has 0 bridgehead atoms. The SMILES string of the molecule is CCOc1ccc(N2C[C@H](NC(=O)N(CCOC)CCOC)CC2=O)cc1. The molecule has 0 radical (unpaired) electrons. The first-order valence-corrected chi connectivity index (χ1v) is 9.15. The highest BCUT2D eigenvalue weighted by Crippen LogP contribution is 2.24. The molecule has 1 aromatic carbocycles. The van der Waals surface area contributed by atoms with Crippen molar-refractivity contribution in [3.63, 3.8) is 0 Å². The van der Waals surface area contributed by atoms with E-state index in [4.69, 9.17) is 14.2 Å². The molecule has 0 unspecified atom stereocenters. The van der Waals surface area contributed by atoms with Gasteiger partial charge in [0.2, 0.25) is 5.91 Å². The molecular weight excluding hydrogens is 350 g/mol. The molecule has 27 heavy (non-hydrogen) atoms. The summed E-state index contributed by atoms with van der Waals surface area (Å²) in [6, 6.07) is 6.96. The molecular formula is C19H29N3O5. The number of nitrogens with zero attached hydrogens (tertiary/aromatic N) is 2. The van der Waals surface area contributed by atoms with E-state index in [-0.39, 0.29) is 24.4 Å². The molecule has 0 spiro atoms. The van der Waals surface area contributed by atoms with E-state index in [0.717, 1.165) is 11.4 Å². The largest absolute Gasteiger partial charge is 0.494 e. The first kappa shape index (κ1) is 21.0. The Morgan fingerprint density at radius 3 is 2.37 bits per heavy atom. The van der Waals surface area contributed by atoms with Gasteiger partial charge >= 0.3 is 6.03 Å². The van der Waals surface area contributed by atoms with Gasteiger partial charge in [-0.15, -0.1) is 0 Å². The van der Waals surface area contributed by atoms with E-state index < -0.39 is 0 Å². The molecule has 1 heterocycles. The van der Waals surface area contributed by atoms with Crippen molar-refractivity contribution in [2.24, 2.45) is 0 Å². The third kappa shape index (κ3) is 6.11. The van der Waals surface area contributed by atoms with Crippen LogP contribution in [0, 0.1) is 0 Å². The Bertz CT molecular complexity index is 600. The molecule has 8 heteroatoms. The lowest BCUT2D eigenvalue weighted by Gasteiger charge is -2.24. The number of methoxy groups -OCH3 is 2. The Balaban J connectivity index is 1.94. The summed E-state index contributed by atoms with van der Waals surface area (Å²) in [7, 11) is 3.19. The zero-order chi connectivity index (χ0) is 19.6. The Kier molecular flexibility index (Phi) is 8.35. The zero-order valence-corrected chi connectivity index (χ0v) is 16.3. The van der Waals surface area contributed by atoms with Gasteiger partial charge in [0, 0.05) is 46.0 Å². The molecule has 0 aliphatic carbocycles. The summed E-state index contributed by atoms with van der Waals surface area (Å²) in [6.07, 6.45) is 0.279. The number of carbonyl (C=O) groups excluding carboxylic acids is 2. The van der Waals surface area contributed by atoms with Crippen LogP contribution in [0.4, 0.5) is 10.5 Å². The molecule has 8 nitrogen and oxygen atoms in total. The van der Waals surface area contributed by atoms with Gasteiger partial charge in [-0.1, -0.05) is 0 Å². The van der Waals surface area contributed by atoms with Gasteiger partial charge in [0.15, 0.2) is 0 Å². The molecule has 3 amide bonds. The molecule has 1 saturated heterocycles. The van der Waals surface area contributed by atoms with Crippen LogP contribution < -0.4 is 15.0 Å². The van der Waals surface area contributed by atoms with E-state index in [1.165, 1.54) is 0 Å². The van der Waals surface area contributed by atoms with Crippen molar-refractivity contribution in [1.82, 2.24) is 10.2 Å². The van der Waals surface area contributed by atoms with Gasteiger partial charge in [0.05, 0.1) is 25.9 Å². The van der Waals surface area contributed by atoms with E-state index in [0.29, 0.717) is 39.5 Å². The van der Waals surface area contributed by atoms with Gasteiger partial charge in [-0.25, -0.2) is 4.79 Å². The monoisotopic (exact) mass is 379 g/mol. The van der Waals surface area contributed by atoms with Crippen LogP contribution in [0.1, 0.15) is 13.3 Å². The highest BCUT2D eigenvalue weighted by molar-refractivity contribution is 5.96. The van der Waals surface area contributed by atoms with Gasteiger partial charge in [0.1, 0.15) is 5.75 Å². The number of urea groups is 1. The zero-order valence-electron chi connectivity index (χ0n) is 16.3. The molecule has 1 aliphatic rings. The highest BCUT2D eigenvalue weighted by atomic mass is 16.5. The number of rotatable bonds is 10. The number of nitrogens with one attached hydrogen (secondary N) is 1. The molecule has 0 aromatic heterocycles. The highest BCUT2D eigenvalue weighted by Gasteiger charge is 2.32. The van der Waals surface area contributed by atoms with Gasteiger partial charge in [0.25, 0.3) is 0 Å². The number of benzene rings is 1. The quantitative estimate of drug-likeness (QED) is 0.666. The van der Waals surface area contributed by atoms with Crippen LogP contribution in [0.3, 0.4) is 0 Å².